The molecule has 5 heteroatoms. The number of benzene rings is 1. The Morgan fingerprint density at radius 1 is 1.35 bits per heavy atom. The molecule has 1 heterocycles. The Morgan fingerprint density at radius 3 is 2.65 bits per heavy atom. The van der Waals surface area contributed by atoms with Crippen LogP contribution in [-0.4, -0.2) is 4.92 Å². The number of hydrogen-bond acceptors (Lipinski definition) is 4. The molecule has 0 fully saturated rings. The summed E-state index contributed by atoms with van der Waals surface area (Å²) in [7, 11) is 0. The molecule has 2 aromatic rings. The molecular weight excluding hydrogens is 254 g/mol. The molecule has 0 atom stereocenters. The van der Waals surface area contributed by atoms with Crippen LogP contribution in [0.3, 0.4) is 0 Å². The zero-order chi connectivity index (χ0) is 12.3. The Kier molecular flexibility index (Phi) is 3.81. The highest BCUT2D eigenvalue weighted by Gasteiger charge is 2.14. The van der Waals surface area contributed by atoms with Gasteiger partial charge >= 0.3 is 0 Å². The fourth-order valence-corrected chi connectivity index (χ4v) is 3.41. The van der Waals surface area contributed by atoms with E-state index >= 15 is 0 Å². The fraction of sp³-hybridized carbons (Fsp3) is 0.167. The van der Waals surface area contributed by atoms with E-state index in [1.165, 1.54) is 16.2 Å². The van der Waals surface area contributed by atoms with Crippen LogP contribution in [0.25, 0.3) is 0 Å². The summed E-state index contributed by atoms with van der Waals surface area (Å²) in [6, 6.07) is 11.7. The van der Waals surface area contributed by atoms with Gasteiger partial charge in [0.1, 0.15) is 0 Å². The fourth-order valence-electron chi connectivity index (χ4n) is 1.46. The standard InChI is InChI=1S/C12H11NO2S2/c1-9-12(13(14)15)7-11(17-9)8-16-10-5-3-2-4-6-10/h2-7H,8H2,1H3. The summed E-state index contributed by atoms with van der Waals surface area (Å²) in [4.78, 5) is 13.4. The number of nitrogens with zero attached hydrogens (tertiary/aromatic N) is 1. The van der Waals surface area contributed by atoms with Crippen molar-refractivity contribution >= 4 is 28.8 Å². The molecule has 2 rings (SSSR count). The third-order valence-corrected chi connectivity index (χ3v) is 4.55. The Morgan fingerprint density at radius 2 is 2.06 bits per heavy atom. The van der Waals surface area contributed by atoms with Crippen LogP contribution < -0.4 is 0 Å². The Balaban J connectivity index is 2.05. The molecule has 88 valence electrons. The summed E-state index contributed by atoms with van der Waals surface area (Å²) < 4.78 is 0. The first-order valence-electron chi connectivity index (χ1n) is 5.08. The molecule has 0 aliphatic heterocycles. The van der Waals surface area contributed by atoms with E-state index in [1.807, 2.05) is 30.3 Å². The van der Waals surface area contributed by atoms with Gasteiger partial charge in [-0.2, -0.15) is 0 Å². The number of hydrogen-bond donors (Lipinski definition) is 0. The van der Waals surface area contributed by atoms with Crippen molar-refractivity contribution in [3.05, 3.63) is 56.3 Å². The lowest BCUT2D eigenvalue weighted by atomic mass is 10.4. The molecule has 0 spiro atoms. The topological polar surface area (TPSA) is 43.1 Å². The summed E-state index contributed by atoms with van der Waals surface area (Å²) in [5, 5.41) is 10.7. The molecule has 1 aromatic carbocycles. The van der Waals surface area contributed by atoms with E-state index in [0.29, 0.717) is 0 Å². The number of aryl methyl sites for hydroxylation is 1. The smallest absolute Gasteiger partial charge is 0.258 e. The SMILES string of the molecule is Cc1sc(CSc2ccccc2)cc1[N+](=O)[O-]. The van der Waals surface area contributed by atoms with Crippen LogP contribution in [0, 0.1) is 17.0 Å². The highest BCUT2D eigenvalue weighted by Crippen LogP contribution is 2.32. The van der Waals surface area contributed by atoms with Crippen molar-refractivity contribution in [3.63, 3.8) is 0 Å². The van der Waals surface area contributed by atoms with Gasteiger partial charge in [0.25, 0.3) is 5.69 Å². The molecule has 0 aliphatic carbocycles. The summed E-state index contributed by atoms with van der Waals surface area (Å²) in [6.07, 6.45) is 0. The Labute approximate surface area is 108 Å². The molecule has 0 unspecified atom stereocenters. The van der Waals surface area contributed by atoms with Gasteiger partial charge in [0.15, 0.2) is 0 Å². The van der Waals surface area contributed by atoms with E-state index in [0.717, 1.165) is 15.5 Å². The molecule has 0 radical (unpaired) electrons. The molecular formula is C12H11NO2S2. The van der Waals surface area contributed by atoms with Gasteiger partial charge < -0.3 is 0 Å². The molecule has 0 saturated heterocycles. The molecule has 0 saturated carbocycles. The first kappa shape index (κ1) is 12.1. The minimum absolute atomic E-state index is 0.235. The second-order valence-corrected chi connectivity index (χ2v) is 5.90. The first-order chi connectivity index (χ1) is 8.16. The number of thioether (sulfide) groups is 1. The maximum absolute atomic E-state index is 10.7. The van der Waals surface area contributed by atoms with Gasteiger partial charge in [-0.1, -0.05) is 18.2 Å². The molecule has 0 bridgehead atoms. The van der Waals surface area contributed by atoms with Gasteiger partial charge in [-0.15, -0.1) is 23.1 Å². The highest BCUT2D eigenvalue weighted by molar-refractivity contribution is 7.98. The lowest BCUT2D eigenvalue weighted by molar-refractivity contribution is -0.385. The van der Waals surface area contributed by atoms with E-state index in [1.54, 1.807) is 24.8 Å². The second-order valence-electron chi connectivity index (χ2n) is 3.51. The van der Waals surface area contributed by atoms with Crippen molar-refractivity contribution in [2.75, 3.05) is 0 Å². The van der Waals surface area contributed by atoms with E-state index in [2.05, 4.69) is 0 Å². The molecule has 17 heavy (non-hydrogen) atoms. The lowest BCUT2D eigenvalue weighted by Gasteiger charge is -1.97. The molecule has 1 aromatic heterocycles. The predicted octanol–water partition coefficient (Wildman–Crippen LogP) is 4.26. The maximum atomic E-state index is 10.7. The van der Waals surface area contributed by atoms with Gasteiger partial charge in [-0.05, 0) is 19.1 Å². The monoisotopic (exact) mass is 265 g/mol. The zero-order valence-corrected chi connectivity index (χ0v) is 10.9. The van der Waals surface area contributed by atoms with Gasteiger partial charge in [-0.25, -0.2) is 0 Å². The van der Waals surface area contributed by atoms with Crippen LogP contribution in [0.1, 0.15) is 9.75 Å². The van der Waals surface area contributed by atoms with Crippen molar-refractivity contribution in [2.45, 2.75) is 17.6 Å². The number of thiophene rings is 1. The average Bonchev–Trinajstić information content (AvgIpc) is 2.69. The predicted molar refractivity (Wildman–Crippen MR) is 71.7 cm³/mol. The third-order valence-electron chi connectivity index (χ3n) is 2.26. The van der Waals surface area contributed by atoms with Crippen molar-refractivity contribution in [2.24, 2.45) is 0 Å². The maximum Gasteiger partial charge on any atom is 0.283 e. The van der Waals surface area contributed by atoms with Crippen LogP contribution in [0.2, 0.25) is 0 Å². The van der Waals surface area contributed by atoms with Crippen molar-refractivity contribution in [1.29, 1.82) is 0 Å². The summed E-state index contributed by atoms with van der Waals surface area (Å²) >= 11 is 3.19. The van der Waals surface area contributed by atoms with Crippen LogP contribution >= 0.6 is 23.1 Å². The first-order valence-corrected chi connectivity index (χ1v) is 6.88. The largest absolute Gasteiger partial charge is 0.283 e. The van der Waals surface area contributed by atoms with E-state index < -0.39 is 0 Å². The molecule has 0 amide bonds. The number of nitro groups is 1. The molecule has 3 nitrogen and oxygen atoms in total. The van der Waals surface area contributed by atoms with E-state index in [-0.39, 0.29) is 10.6 Å². The number of rotatable bonds is 4. The van der Waals surface area contributed by atoms with Crippen molar-refractivity contribution in [1.82, 2.24) is 0 Å². The Hall–Kier alpha value is -1.33. The van der Waals surface area contributed by atoms with Gasteiger partial charge in [0.05, 0.1) is 9.80 Å². The lowest BCUT2D eigenvalue weighted by Crippen LogP contribution is -1.85. The minimum Gasteiger partial charge on any atom is -0.258 e. The summed E-state index contributed by atoms with van der Waals surface area (Å²) in [5.74, 6) is 0.781. The molecule has 0 N–H and O–H groups in total. The third kappa shape index (κ3) is 3.08. The highest BCUT2D eigenvalue weighted by atomic mass is 32.2. The van der Waals surface area contributed by atoms with Crippen LogP contribution in [0.5, 0.6) is 0 Å². The van der Waals surface area contributed by atoms with Crippen LogP contribution in [0.15, 0.2) is 41.3 Å². The van der Waals surface area contributed by atoms with Crippen molar-refractivity contribution in [3.8, 4) is 0 Å². The summed E-state index contributed by atoms with van der Waals surface area (Å²) in [5.41, 5.74) is 0.235. The minimum atomic E-state index is -0.317. The van der Waals surface area contributed by atoms with E-state index in [9.17, 15) is 10.1 Å². The second kappa shape index (κ2) is 5.33. The quantitative estimate of drug-likeness (QED) is 0.471. The van der Waals surface area contributed by atoms with Crippen LogP contribution in [-0.2, 0) is 5.75 Å². The van der Waals surface area contributed by atoms with Gasteiger partial charge in [-0.3, -0.25) is 10.1 Å². The average molecular weight is 265 g/mol. The normalized spacial score (nSPS) is 10.4. The van der Waals surface area contributed by atoms with Gasteiger partial charge in [0, 0.05) is 21.6 Å². The zero-order valence-electron chi connectivity index (χ0n) is 9.25. The Bertz CT molecular complexity index is 523. The van der Waals surface area contributed by atoms with Crippen LogP contribution in [0.4, 0.5) is 5.69 Å². The van der Waals surface area contributed by atoms with Gasteiger partial charge in [0.2, 0.25) is 0 Å². The van der Waals surface area contributed by atoms with E-state index in [4.69, 9.17) is 0 Å². The van der Waals surface area contributed by atoms with Crippen molar-refractivity contribution < 1.29 is 4.92 Å². The summed E-state index contributed by atoms with van der Waals surface area (Å²) in [6.45, 7) is 1.79. The molecule has 0 aliphatic rings.